The lowest BCUT2D eigenvalue weighted by atomic mass is 9.77. The number of aromatic nitrogens is 2. The molecule has 0 unspecified atom stereocenters. The monoisotopic (exact) mass is 388 g/mol. The van der Waals surface area contributed by atoms with Crippen LogP contribution in [0.1, 0.15) is 60.8 Å². The van der Waals surface area contributed by atoms with Gasteiger partial charge in [0.25, 0.3) is 5.91 Å². The van der Waals surface area contributed by atoms with Crippen LogP contribution in [0.2, 0.25) is 0 Å². The number of hydrogen-bond donors (Lipinski definition) is 1. The van der Waals surface area contributed by atoms with E-state index >= 15 is 0 Å². The number of ether oxygens (including phenoxy) is 1. The van der Waals surface area contributed by atoms with Gasteiger partial charge in [-0.05, 0) is 44.4 Å². The summed E-state index contributed by atoms with van der Waals surface area (Å²) in [6, 6.07) is 0. The van der Waals surface area contributed by atoms with Crippen molar-refractivity contribution in [2.75, 3.05) is 39.9 Å². The first-order valence-electron chi connectivity index (χ1n) is 10.6. The molecule has 0 bridgehead atoms. The van der Waals surface area contributed by atoms with Crippen LogP contribution in [-0.4, -0.2) is 71.7 Å². The van der Waals surface area contributed by atoms with Crippen molar-refractivity contribution in [3.05, 3.63) is 17.0 Å². The summed E-state index contributed by atoms with van der Waals surface area (Å²) in [7, 11) is 1.69. The first kappa shape index (κ1) is 19.4. The largest absolute Gasteiger partial charge is 0.385 e. The number of amides is 2. The normalized spacial score (nSPS) is 24.1. The third kappa shape index (κ3) is 3.69. The molecule has 4 rings (SSSR count). The lowest BCUT2D eigenvalue weighted by molar-refractivity contribution is -0.128. The first-order valence-corrected chi connectivity index (χ1v) is 10.6. The van der Waals surface area contributed by atoms with Crippen molar-refractivity contribution in [3.63, 3.8) is 0 Å². The van der Waals surface area contributed by atoms with Crippen LogP contribution in [0.3, 0.4) is 0 Å². The van der Waals surface area contributed by atoms with Gasteiger partial charge in [-0.2, -0.15) is 5.10 Å². The molecule has 2 fully saturated rings. The van der Waals surface area contributed by atoms with Gasteiger partial charge in [-0.1, -0.05) is 6.92 Å². The maximum Gasteiger partial charge on any atom is 0.274 e. The molecule has 1 spiro atoms. The van der Waals surface area contributed by atoms with Crippen LogP contribution in [0, 0.1) is 11.3 Å². The van der Waals surface area contributed by atoms with E-state index in [-0.39, 0.29) is 17.2 Å². The summed E-state index contributed by atoms with van der Waals surface area (Å²) in [5.41, 5.74) is 2.94. The number of aryl methyl sites for hydroxylation is 1. The fourth-order valence-electron chi connectivity index (χ4n) is 5.10. The molecule has 3 aliphatic rings. The first-order chi connectivity index (χ1) is 13.5. The van der Waals surface area contributed by atoms with Crippen LogP contribution in [0.15, 0.2) is 0 Å². The van der Waals surface area contributed by atoms with Gasteiger partial charge in [0.15, 0.2) is 5.69 Å². The Morgan fingerprint density at radius 3 is 2.89 bits per heavy atom. The van der Waals surface area contributed by atoms with Crippen LogP contribution < -0.4 is 0 Å². The molecule has 1 aliphatic carbocycles. The number of carbonyl (C=O) groups is 2. The smallest absolute Gasteiger partial charge is 0.274 e. The second-order valence-corrected chi connectivity index (χ2v) is 9.01. The Kier molecular flexibility index (Phi) is 5.45. The van der Waals surface area contributed by atoms with E-state index in [1.54, 1.807) is 7.11 Å². The van der Waals surface area contributed by atoms with Gasteiger partial charge in [0.1, 0.15) is 0 Å². The molecular formula is C21H32N4O3. The second kappa shape index (κ2) is 7.85. The SMILES string of the molecule is COCCCN1CC2(CCN(C(=O)c3n[nH]c4c3C[C@@H](C)CC4)CC2)CC1=O. The molecule has 1 atom stereocenters. The van der Waals surface area contributed by atoms with E-state index in [9.17, 15) is 9.59 Å². The van der Waals surface area contributed by atoms with E-state index in [0.29, 0.717) is 24.6 Å². The second-order valence-electron chi connectivity index (χ2n) is 9.01. The predicted molar refractivity (Wildman–Crippen MR) is 105 cm³/mol. The minimum Gasteiger partial charge on any atom is -0.385 e. The number of rotatable bonds is 5. The number of H-pyrrole nitrogens is 1. The average molecular weight is 389 g/mol. The van der Waals surface area contributed by atoms with E-state index < -0.39 is 0 Å². The van der Waals surface area contributed by atoms with Gasteiger partial charge in [0.05, 0.1) is 0 Å². The molecule has 1 aromatic rings. The van der Waals surface area contributed by atoms with Crippen molar-refractivity contribution >= 4 is 11.8 Å². The maximum absolute atomic E-state index is 13.1. The van der Waals surface area contributed by atoms with E-state index in [0.717, 1.165) is 76.0 Å². The molecule has 2 saturated heterocycles. The average Bonchev–Trinajstić information content (AvgIpc) is 3.23. The summed E-state index contributed by atoms with van der Waals surface area (Å²) in [6.45, 7) is 5.96. The molecule has 0 radical (unpaired) electrons. The van der Waals surface area contributed by atoms with Crippen molar-refractivity contribution in [2.45, 2.75) is 51.9 Å². The maximum atomic E-state index is 13.1. The van der Waals surface area contributed by atoms with Gasteiger partial charge in [0.2, 0.25) is 5.91 Å². The van der Waals surface area contributed by atoms with Crippen molar-refractivity contribution < 1.29 is 14.3 Å². The molecule has 0 saturated carbocycles. The van der Waals surface area contributed by atoms with E-state index in [1.165, 1.54) is 0 Å². The third-order valence-electron chi connectivity index (χ3n) is 6.89. The summed E-state index contributed by atoms with van der Waals surface area (Å²) in [6.07, 6.45) is 6.38. The number of nitrogens with zero attached hydrogens (tertiary/aromatic N) is 3. The van der Waals surface area contributed by atoms with Crippen molar-refractivity contribution in [3.8, 4) is 0 Å². The van der Waals surface area contributed by atoms with Crippen LogP contribution in [0.5, 0.6) is 0 Å². The summed E-state index contributed by atoms with van der Waals surface area (Å²) >= 11 is 0. The van der Waals surface area contributed by atoms with E-state index in [2.05, 4.69) is 17.1 Å². The fourth-order valence-corrected chi connectivity index (χ4v) is 5.10. The van der Waals surface area contributed by atoms with Crippen molar-refractivity contribution in [1.82, 2.24) is 20.0 Å². The number of methoxy groups -OCH3 is 1. The summed E-state index contributed by atoms with van der Waals surface area (Å²) in [4.78, 5) is 29.5. The minimum atomic E-state index is 0.0421. The van der Waals surface area contributed by atoms with Crippen molar-refractivity contribution in [1.29, 1.82) is 0 Å². The number of nitrogens with one attached hydrogen (secondary N) is 1. The summed E-state index contributed by atoms with van der Waals surface area (Å²) < 4.78 is 5.11. The molecule has 1 aromatic heterocycles. The number of likely N-dealkylation sites (tertiary alicyclic amines) is 2. The Balaban J connectivity index is 1.36. The highest BCUT2D eigenvalue weighted by atomic mass is 16.5. The third-order valence-corrected chi connectivity index (χ3v) is 6.89. The Hall–Kier alpha value is -1.89. The molecule has 7 nitrogen and oxygen atoms in total. The van der Waals surface area contributed by atoms with Gasteiger partial charge in [0, 0.05) is 63.0 Å². The number of piperidine rings is 1. The van der Waals surface area contributed by atoms with Gasteiger partial charge in [-0.15, -0.1) is 0 Å². The van der Waals surface area contributed by atoms with Gasteiger partial charge >= 0.3 is 0 Å². The highest BCUT2D eigenvalue weighted by Gasteiger charge is 2.45. The standard InChI is InChI=1S/C21H32N4O3/c1-15-4-5-17-16(12-15)19(23-22-17)20(27)24-9-6-21(7-10-24)13-18(26)25(14-21)8-3-11-28-2/h15H,3-14H2,1-2H3,(H,22,23)/t15-/m0/s1. The zero-order chi connectivity index (χ0) is 19.7. The predicted octanol–water partition coefficient (Wildman–Crippen LogP) is 2.03. The number of fused-ring (bicyclic) bond motifs is 1. The molecule has 2 aliphatic heterocycles. The molecule has 0 aromatic carbocycles. The van der Waals surface area contributed by atoms with Gasteiger partial charge in [-0.3, -0.25) is 14.7 Å². The van der Waals surface area contributed by atoms with Crippen LogP contribution >= 0.6 is 0 Å². The molecule has 1 N–H and O–H groups in total. The highest BCUT2D eigenvalue weighted by molar-refractivity contribution is 5.94. The quantitative estimate of drug-likeness (QED) is 0.783. The molecule has 2 amide bonds. The van der Waals surface area contributed by atoms with Crippen molar-refractivity contribution in [2.24, 2.45) is 11.3 Å². The summed E-state index contributed by atoms with van der Waals surface area (Å²) in [5, 5.41) is 7.46. The Labute approximate surface area is 166 Å². The van der Waals surface area contributed by atoms with Gasteiger partial charge in [-0.25, -0.2) is 0 Å². The number of carbonyl (C=O) groups excluding carboxylic acids is 2. The zero-order valence-electron chi connectivity index (χ0n) is 17.1. The number of aromatic amines is 1. The molecule has 7 heteroatoms. The Morgan fingerprint density at radius 1 is 1.36 bits per heavy atom. The highest BCUT2D eigenvalue weighted by Crippen LogP contribution is 2.41. The van der Waals surface area contributed by atoms with E-state index in [1.807, 2.05) is 9.80 Å². The fraction of sp³-hybridized carbons (Fsp3) is 0.762. The molecular weight excluding hydrogens is 356 g/mol. The van der Waals surface area contributed by atoms with Crippen LogP contribution in [-0.2, 0) is 22.4 Å². The number of hydrogen-bond acceptors (Lipinski definition) is 4. The lowest BCUT2D eigenvalue weighted by Gasteiger charge is -2.38. The molecule has 154 valence electrons. The minimum absolute atomic E-state index is 0.0421. The zero-order valence-corrected chi connectivity index (χ0v) is 17.1. The van der Waals surface area contributed by atoms with Gasteiger partial charge < -0.3 is 14.5 Å². The van der Waals surface area contributed by atoms with E-state index in [4.69, 9.17) is 4.74 Å². The van der Waals surface area contributed by atoms with Crippen LogP contribution in [0.25, 0.3) is 0 Å². The Bertz CT molecular complexity index is 736. The Morgan fingerprint density at radius 2 is 2.14 bits per heavy atom. The molecule has 28 heavy (non-hydrogen) atoms. The lowest BCUT2D eigenvalue weighted by Crippen LogP contribution is -2.44. The molecule has 3 heterocycles. The summed E-state index contributed by atoms with van der Waals surface area (Å²) in [5.74, 6) is 0.920. The van der Waals surface area contributed by atoms with Crippen LogP contribution in [0.4, 0.5) is 0 Å². The topological polar surface area (TPSA) is 78.5 Å².